The molecule has 1 amide bonds. The maximum atomic E-state index is 12.0. The SMILES string of the molecule is CCC(=O)N1CCC[C@H](c2cn3cccc3c(N(C)C)n2)C1. The highest BCUT2D eigenvalue weighted by Gasteiger charge is 2.25. The summed E-state index contributed by atoms with van der Waals surface area (Å²) in [5.74, 6) is 1.57. The first-order valence-corrected chi connectivity index (χ1v) is 8.03. The van der Waals surface area contributed by atoms with Crippen LogP contribution in [0.3, 0.4) is 0 Å². The molecule has 1 fully saturated rings. The van der Waals surface area contributed by atoms with Crippen LogP contribution in [-0.2, 0) is 4.79 Å². The fraction of sp³-hybridized carbons (Fsp3) is 0.529. The standard InChI is InChI=1S/C17H24N4O/c1-4-16(22)21-10-5-7-13(11-21)14-12-20-9-6-8-15(20)17(18-14)19(2)3/h6,8-9,12-13H,4-5,7,10-11H2,1-3H3/t13-/m0/s1. The summed E-state index contributed by atoms with van der Waals surface area (Å²) in [6.07, 6.45) is 6.91. The average molecular weight is 300 g/mol. The lowest BCUT2D eigenvalue weighted by atomic mass is 9.94. The third-order valence-electron chi connectivity index (χ3n) is 4.43. The Hall–Kier alpha value is -2.04. The molecule has 2 aromatic heterocycles. The number of hydrogen-bond acceptors (Lipinski definition) is 3. The van der Waals surface area contributed by atoms with Crippen molar-refractivity contribution in [1.82, 2.24) is 14.3 Å². The molecule has 1 aliphatic rings. The number of likely N-dealkylation sites (tertiary alicyclic amines) is 1. The van der Waals surface area contributed by atoms with E-state index >= 15 is 0 Å². The van der Waals surface area contributed by atoms with E-state index in [-0.39, 0.29) is 5.91 Å². The normalized spacial score (nSPS) is 18.7. The Bertz CT molecular complexity index is 676. The first-order chi connectivity index (χ1) is 10.6. The molecule has 0 aromatic carbocycles. The van der Waals surface area contributed by atoms with Gasteiger partial charge in [0.25, 0.3) is 0 Å². The number of carbonyl (C=O) groups is 1. The fourth-order valence-corrected chi connectivity index (χ4v) is 3.24. The van der Waals surface area contributed by atoms with Crippen LogP contribution < -0.4 is 4.90 Å². The van der Waals surface area contributed by atoms with E-state index in [2.05, 4.69) is 27.8 Å². The Morgan fingerprint density at radius 2 is 2.27 bits per heavy atom. The van der Waals surface area contributed by atoms with E-state index in [0.29, 0.717) is 12.3 Å². The number of fused-ring (bicyclic) bond motifs is 1. The summed E-state index contributed by atoms with van der Waals surface area (Å²) in [4.78, 5) is 20.9. The van der Waals surface area contributed by atoms with Crippen molar-refractivity contribution in [1.29, 1.82) is 0 Å². The topological polar surface area (TPSA) is 40.9 Å². The van der Waals surface area contributed by atoms with Gasteiger partial charge in [0, 0.05) is 51.9 Å². The van der Waals surface area contributed by atoms with Gasteiger partial charge in [0.15, 0.2) is 5.82 Å². The number of amides is 1. The Morgan fingerprint density at radius 3 is 3.00 bits per heavy atom. The predicted molar refractivity (Wildman–Crippen MR) is 88.4 cm³/mol. The maximum Gasteiger partial charge on any atom is 0.222 e. The van der Waals surface area contributed by atoms with Gasteiger partial charge in [-0.05, 0) is 25.0 Å². The van der Waals surface area contributed by atoms with Crippen LogP contribution in [0, 0.1) is 0 Å². The zero-order valence-electron chi connectivity index (χ0n) is 13.6. The van der Waals surface area contributed by atoms with Crippen LogP contribution in [0.25, 0.3) is 5.52 Å². The van der Waals surface area contributed by atoms with Gasteiger partial charge in [0.2, 0.25) is 5.91 Å². The molecule has 2 aromatic rings. The van der Waals surface area contributed by atoms with Gasteiger partial charge in [-0.15, -0.1) is 0 Å². The third kappa shape index (κ3) is 2.67. The minimum atomic E-state index is 0.250. The molecular formula is C17H24N4O. The van der Waals surface area contributed by atoms with Crippen molar-refractivity contribution < 1.29 is 4.79 Å². The summed E-state index contributed by atoms with van der Waals surface area (Å²) in [5, 5.41) is 0. The summed E-state index contributed by atoms with van der Waals surface area (Å²) in [6.45, 7) is 3.61. The Morgan fingerprint density at radius 1 is 1.45 bits per heavy atom. The molecule has 0 radical (unpaired) electrons. The second-order valence-corrected chi connectivity index (χ2v) is 6.22. The zero-order chi connectivity index (χ0) is 15.7. The number of anilines is 1. The minimum Gasteiger partial charge on any atom is -0.361 e. The number of carbonyl (C=O) groups excluding carboxylic acids is 1. The van der Waals surface area contributed by atoms with Gasteiger partial charge in [-0.3, -0.25) is 4.79 Å². The maximum absolute atomic E-state index is 12.0. The lowest BCUT2D eigenvalue weighted by Gasteiger charge is -2.32. The first-order valence-electron chi connectivity index (χ1n) is 8.03. The average Bonchev–Trinajstić information content (AvgIpc) is 3.01. The second kappa shape index (κ2) is 5.99. The summed E-state index contributed by atoms with van der Waals surface area (Å²) in [5.41, 5.74) is 2.20. The zero-order valence-corrected chi connectivity index (χ0v) is 13.6. The van der Waals surface area contributed by atoms with E-state index in [9.17, 15) is 4.79 Å². The number of aromatic nitrogens is 2. The molecule has 0 saturated carbocycles. The fourth-order valence-electron chi connectivity index (χ4n) is 3.24. The molecule has 1 saturated heterocycles. The summed E-state index contributed by atoms with van der Waals surface area (Å²) < 4.78 is 2.14. The highest BCUT2D eigenvalue weighted by molar-refractivity contribution is 5.76. The van der Waals surface area contributed by atoms with E-state index in [4.69, 9.17) is 4.98 Å². The minimum absolute atomic E-state index is 0.250. The van der Waals surface area contributed by atoms with Gasteiger partial charge in [0.05, 0.1) is 11.2 Å². The molecule has 1 atom stereocenters. The van der Waals surface area contributed by atoms with Gasteiger partial charge in [-0.2, -0.15) is 0 Å². The van der Waals surface area contributed by atoms with Crippen LogP contribution in [0.1, 0.15) is 37.8 Å². The number of nitrogens with zero attached hydrogens (tertiary/aromatic N) is 4. The van der Waals surface area contributed by atoms with Crippen LogP contribution in [-0.4, -0.2) is 47.4 Å². The van der Waals surface area contributed by atoms with Gasteiger partial charge in [-0.25, -0.2) is 4.98 Å². The summed E-state index contributed by atoms with van der Waals surface area (Å²) >= 11 is 0. The van der Waals surface area contributed by atoms with Crippen molar-refractivity contribution >= 4 is 17.2 Å². The van der Waals surface area contributed by atoms with Gasteiger partial charge in [-0.1, -0.05) is 6.92 Å². The lowest BCUT2D eigenvalue weighted by molar-refractivity contribution is -0.132. The van der Waals surface area contributed by atoms with Crippen LogP contribution in [0.15, 0.2) is 24.5 Å². The van der Waals surface area contributed by atoms with Crippen molar-refractivity contribution in [3.8, 4) is 0 Å². The molecule has 0 N–H and O–H groups in total. The largest absolute Gasteiger partial charge is 0.361 e. The first kappa shape index (κ1) is 14.9. The van der Waals surface area contributed by atoms with E-state index in [1.165, 1.54) is 0 Å². The molecule has 3 rings (SSSR count). The number of rotatable bonds is 3. The molecule has 0 spiro atoms. The number of hydrogen-bond donors (Lipinski definition) is 0. The van der Waals surface area contributed by atoms with Crippen molar-refractivity contribution in [3.05, 3.63) is 30.2 Å². The van der Waals surface area contributed by atoms with Crippen molar-refractivity contribution in [2.45, 2.75) is 32.1 Å². The third-order valence-corrected chi connectivity index (χ3v) is 4.43. The molecule has 0 bridgehead atoms. The van der Waals surface area contributed by atoms with Crippen LogP contribution >= 0.6 is 0 Å². The lowest BCUT2D eigenvalue weighted by Crippen LogP contribution is -2.39. The molecule has 1 aliphatic heterocycles. The molecular weight excluding hydrogens is 276 g/mol. The van der Waals surface area contributed by atoms with Crippen LogP contribution in [0.2, 0.25) is 0 Å². The molecule has 118 valence electrons. The Kier molecular flexibility index (Phi) is 4.05. The van der Waals surface area contributed by atoms with Crippen molar-refractivity contribution in [2.24, 2.45) is 0 Å². The highest BCUT2D eigenvalue weighted by atomic mass is 16.2. The van der Waals surface area contributed by atoms with Gasteiger partial charge in [0.1, 0.15) is 0 Å². The molecule has 22 heavy (non-hydrogen) atoms. The second-order valence-electron chi connectivity index (χ2n) is 6.22. The molecule has 0 aliphatic carbocycles. The van der Waals surface area contributed by atoms with E-state index in [0.717, 1.165) is 43.0 Å². The molecule has 5 nitrogen and oxygen atoms in total. The van der Waals surface area contributed by atoms with Crippen LogP contribution in [0.5, 0.6) is 0 Å². The van der Waals surface area contributed by atoms with Crippen molar-refractivity contribution in [3.63, 3.8) is 0 Å². The van der Waals surface area contributed by atoms with Gasteiger partial charge >= 0.3 is 0 Å². The van der Waals surface area contributed by atoms with E-state index < -0.39 is 0 Å². The monoisotopic (exact) mass is 300 g/mol. The van der Waals surface area contributed by atoms with E-state index in [1.54, 1.807) is 0 Å². The van der Waals surface area contributed by atoms with Crippen LogP contribution in [0.4, 0.5) is 5.82 Å². The number of piperidine rings is 1. The smallest absolute Gasteiger partial charge is 0.222 e. The predicted octanol–water partition coefficient (Wildman–Crippen LogP) is 2.52. The highest BCUT2D eigenvalue weighted by Crippen LogP contribution is 2.29. The Balaban J connectivity index is 1.94. The van der Waals surface area contributed by atoms with Gasteiger partial charge < -0.3 is 14.2 Å². The van der Waals surface area contributed by atoms with E-state index in [1.807, 2.05) is 32.0 Å². The Labute approximate surface area is 131 Å². The van der Waals surface area contributed by atoms with Crippen molar-refractivity contribution in [2.75, 3.05) is 32.1 Å². The summed E-state index contributed by atoms with van der Waals surface area (Å²) in [7, 11) is 4.04. The molecule has 5 heteroatoms. The summed E-state index contributed by atoms with van der Waals surface area (Å²) in [6, 6.07) is 4.13. The molecule has 3 heterocycles. The quantitative estimate of drug-likeness (QED) is 0.874. The molecule has 0 unspecified atom stereocenters.